The number of hydrogen-bond donors (Lipinski definition) is 2. The Morgan fingerprint density at radius 1 is 1.27 bits per heavy atom. The standard InChI is InChI=1S/C22H23ClF3N5O2/c1-30-18(11-28-21(30)33)20(32)31(2)19(22(24,25)26)17-6-5-15(10-27-17)29-16-8-12-3-4-14(23)7-13(12)9-16/h3-7,10,16,18-19,29H,8-9,11H2,1-2H3,(H,28,33)/t16?,18-,19?/m1/s1. The van der Waals surface area contributed by atoms with Gasteiger partial charge in [-0.15, -0.1) is 0 Å². The van der Waals surface area contributed by atoms with Crippen molar-refractivity contribution in [1.29, 1.82) is 0 Å². The molecule has 0 radical (unpaired) electrons. The average molecular weight is 482 g/mol. The minimum atomic E-state index is -4.74. The molecule has 0 saturated carbocycles. The Hall–Kier alpha value is -3.01. The van der Waals surface area contributed by atoms with Gasteiger partial charge in [-0.1, -0.05) is 17.7 Å². The van der Waals surface area contributed by atoms with E-state index < -0.39 is 30.2 Å². The summed E-state index contributed by atoms with van der Waals surface area (Å²) in [6, 6.07) is 4.87. The number of alkyl halides is 3. The van der Waals surface area contributed by atoms with Crippen molar-refractivity contribution in [3.8, 4) is 0 Å². The van der Waals surface area contributed by atoms with E-state index in [0.717, 1.165) is 30.4 Å². The van der Waals surface area contributed by atoms with Gasteiger partial charge in [-0.25, -0.2) is 4.79 Å². The number of urea groups is 1. The summed E-state index contributed by atoms with van der Waals surface area (Å²) < 4.78 is 41.8. The summed E-state index contributed by atoms with van der Waals surface area (Å²) in [7, 11) is 2.45. The fourth-order valence-electron chi connectivity index (χ4n) is 4.37. The molecule has 2 aromatic rings. The fraction of sp³-hybridized carbons (Fsp3) is 0.409. The van der Waals surface area contributed by atoms with Gasteiger partial charge >= 0.3 is 12.2 Å². The number of likely N-dealkylation sites (N-methyl/N-ethyl adjacent to an activating group) is 2. The highest BCUT2D eigenvalue weighted by molar-refractivity contribution is 6.30. The maximum atomic E-state index is 13.9. The van der Waals surface area contributed by atoms with Gasteiger partial charge in [-0.2, -0.15) is 13.2 Å². The van der Waals surface area contributed by atoms with E-state index in [1.165, 1.54) is 30.9 Å². The Balaban J connectivity index is 1.48. The molecule has 11 heteroatoms. The Morgan fingerprint density at radius 3 is 2.61 bits per heavy atom. The number of fused-ring (bicyclic) bond motifs is 1. The van der Waals surface area contributed by atoms with Crippen molar-refractivity contribution >= 4 is 29.2 Å². The Morgan fingerprint density at radius 2 is 2.00 bits per heavy atom. The van der Waals surface area contributed by atoms with E-state index in [1.807, 2.05) is 18.2 Å². The van der Waals surface area contributed by atoms with E-state index in [4.69, 9.17) is 11.6 Å². The predicted octanol–water partition coefficient (Wildman–Crippen LogP) is 3.40. The zero-order valence-corrected chi connectivity index (χ0v) is 18.7. The van der Waals surface area contributed by atoms with E-state index in [2.05, 4.69) is 15.6 Å². The Kier molecular flexibility index (Phi) is 6.13. The second kappa shape index (κ2) is 8.74. The number of nitrogens with one attached hydrogen (secondary N) is 2. The molecule has 1 aromatic heterocycles. The SMILES string of the molecule is CN(C(=O)[C@H]1CNC(=O)N1C)C(c1ccc(NC2Cc3ccc(Cl)cc3C2)cn1)C(F)(F)F. The van der Waals surface area contributed by atoms with Crippen LogP contribution in [0.3, 0.4) is 0 Å². The predicted molar refractivity (Wildman–Crippen MR) is 117 cm³/mol. The molecule has 1 saturated heterocycles. The Bertz CT molecular complexity index is 1060. The molecular formula is C22H23ClF3N5O2. The van der Waals surface area contributed by atoms with Gasteiger partial charge in [0.25, 0.3) is 0 Å². The van der Waals surface area contributed by atoms with Crippen molar-refractivity contribution in [2.45, 2.75) is 37.1 Å². The van der Waals surface area contributed by atoms with Crippen molar-refractivity contribution in [2.75, 3.05) is 26.0 Å². The number of amides is 3. The lowest BCUT2D eigenvalue weighted by molar-refractivity contribution is -0.191. The zero-order valence-electron chi connectivity index (χ0n) is 18.0. The van der Waals surface area contributed by atoms with Crippen molar-refractivity contribution in [3.05, 3.63) is 58.4 Å². The molecule has 1 aliphatic carbocycles. The van der Waals surface area contributed by atoms with Crippen molar-refractivity contribution in [1.82, 2.24) is 20.1 Å². The molecule has 33 heavy (non-hydrogen) atoms. The first-order valence-electron chi connectivity index (χ1n) is 10.4. The van der Waals surface area contributed by atoms with Gasteiger partial charge in [0.1, 0.15) is 6.04 Å². The Labute approximate surface area is 193 Å². The van der Waals surface area contributed by atoms with Gasteiger partial charge in [0, 0.05) is 31.7 Å². The fourth-order valence-corrected chi connectivity index (χ4v) is 4.56. The monoisotopic (exact) mass is 481 g/mol. The van der Waals surface area contributed by atoms with Crippen molar-refractivity contribution in [2.24, 2.45) is 0 Å². The first kappa shape index (κ1) is 23.2. The minimum Gasteiger partial charge on any atom is -0.380 e. The highest BCUT2D eigenvalue weighted by Crippen LogP contribution is 2.37. The second-order valence-electron chi connectivity index (χ2n) is 8.34. The number of rotatable bonds is 5. The molecule has 2 aliphatic rings. The summed E-state index contributed by atoms with van der Waals surface area (Å²) in [4.78, 5) is 30.1. The molecule has 0 bridgehead atoms. The van der Waals surface area contributed by atoms with Gasteiger partial charge in [0.15, 0.2) is 6.04 Å². The third kappa shape index (κ3) is 4.71. The summed E-state index contributed by atoms with van der Waals surface area (Å²) in [5.74, 6) is -0.815. The molecule has 1 aromatic carbocycles. The normalized spacial score (nSPS) is 20.9. The quantitative estimate of drug-likeness (QED) is 0.686. The van der Waals surface area contributed by atoms with Crippen LogP contribution in [-0.2, 0) is 17.6 Å². The van der Waals surface area contributed by atoms with Crippen LogP contribution in [0.15, 0.2) is 36.5 Å². The molecule has 4 rings (SSSR count). The van der Waals surface area contributed by atoms with E-state index in [9.17, 15) is 22.8 Å². The van der Waals surface area contributed by atoms with Crippen LogP contribution < -0.4 is 10.6 Å². The first-order valence-corrected chi connectivity index (χ1v) is 10.8. The number of pyridine rings is 1. The summed E-state index contributed by atoms with van der Waals surface area (Å²) in [5, 5.41) is 6.42. The molecule has 1 aliphatic heterocycles. The molecule has 0 spiro atoms. The van der Waals surface area contributed by atoms with Crippen LogP contribution >= 0.6 is 11.6 Å². The van der Waals surface area contributed by atoms with Crippen molar-refractivity contribution < 1.29 is 22.8 Å². The minimum absolute atomic E-state index is 0.0473. The van der Waals surface area contributed by atoms with Crippen LogP contribution in [0.1, 0.15) is 22.9 Å². The maximum absolute atomic E-state index is 13.9. The molecule has 2 N–H and O–H groups in total. The lowest BCUT2D eigenvalue weighted by Crippen LogP contribution is -2.49. The van der Waals surface area contributed by atoms with Crippen molar-refractivity contribution in [3.63, 3.8) is 0 Å². The zero-order chi connectivity index (χ0) is 23.9. The summed E-state index contributed by atoms with van der Waals surface area (Å²) in [6.45, 7) is -0.0473. The molecule has 3 amide bonds. The number of benzene rings is 1. The topological polar surface area (TPSA) is 77.6 Å². The third-order valence-electron chi connectivity index (χ3n) is 6.10. The molecule has 3 atom stereocenters. The van der Waals surface area contributed by atoms with E-state index >= 15 is 0 Å². The average Bonchev–Trinajstić information content (AvgIpc) is 3.30. The lowest BCUT2D eigenvalue weighted by atomic mass is 10.1. The lowest BCUT2D eigenvalue weighted by Gasteiger charge is -2.32. The van der Waals surface area contributed by atoms with Gasteiger partial charge in [-0.3, -0.25) is 9.78 Å². The number of nitrogens with zero attached hydrogens (tertiary/aromatic N) is 3. The highest BCUT2D eigenvalue weighted by atomic mass is 35.5. The van der Waals surface area contributed by atoms with Crippen LogP contribution in [0.2, 0.25) is 5.02 Å². The van der Waals surface area contributed by atoms with Gasteiger partial charge < -0.3 is 20.4 Å². The molecule has 7 nitrogen and oxygen atoms in total. The van der Waals surface area contributed by atoms with Crippen LogP contribution in [-0.4, -0.2) is 65.6 Å². The summed E-state index contributed by atoms with van der Waals surface area (Å²) in [5.41, 5.74) is 2.61. The van der Waals surface area contributed by atoms with E-state index in [-0.39, 0.29) is 18.3 Å². The molecule has 1 fully saturated rings. The highest BCUT2D eigenvalue weighted by Gasteiger charge is 2.48. The van der Waals surface area contributed by atoms with Gasteiger partial charge in [0.05, 0.1) is 17.6 Å². The number of anilines is 1. The van der Waals surface area contributed by atoms with Crippen LogP contribution in [0.25, 0.3) is 0 Å². The molecule has 2 heterocycles. The number of carbonyl (C=O) groups excluding carboxylic acids is 2. The third-order valence-corrected chi connectivity index (χ3v) is 6.34. The van der Waals surface area contributed by atoms with Crippen LogP contribution in [0.5, 0.6) is 0 Å². The van der Waals surface area contributed by atoms with E-state index in [1.54, 1.807) is 0 Å². The van der Waals surface area contributed by atoms with Gasteiger partial charge in [0.2, 0.25) is 5.91 Å². The van der Waals surface area contributed by atoms with Crippen LogP contribution in [0, 0.1) is 0 Å². The number of hydrogen-bond acceptors (Lipinski definition) is 4. The number of aromatic nitrogens is 1. The molecule has 176 valence electrons. The molecular weight excluding hydrogens is 459 g/mol. The molecule has 2 unspecified atom stereocenters. The summed E-state index contributed by atoms with van der Waals surface area (Å²) >= 11 is 6.05. The smallest absolute Gasteiger partial charge is 0.380 e. The van der Waals surface area contributed by atoms with Crippen LogP contribution in [0.4, 0.5) is 23.7 Å². The summed E-state index contributed by atoms with van der Waals surface area (Å²) in [6.07, 6.45) is -1.87. The number of carbonyl (C=O) groups is 2. The largest absolute Gasteiger partial charge is 0.414 e. The van der Waals surface area contributed by atoms with Gasteiger partial charge in [-0.05, 0) is 48.2 Å². The van der Waals surface area contributed by atoms with E-state index in [0.29, 0.717) is 15.6 Å². The number of halogens is 4. The second-order valence-corrected chi connectivity index (χ2v) is 8.78. The maximum Gasteiger partial charge on any atom is 0.414 e. The first-order chi connectivity index (χ1) is 15.5.